The molecular weight excluding hydrogens is 693 g/mol. The van der Waals surface area contributed by atoms with Crippen molar-refractivity contribution in [1.29, 1.82) is 0 Å². The highest BCUT2D eigenvalue weighted by atomic mass is 35.5. The quantitative estimate of drug-likeness (QED) is 0.213. The topological polar surface area (TPSA) is 125 Å². The maximum atomic E-state index is 15.3. The minimum atomic E-state index is -1.58. The van der Waals surface area contributed by atoms with Gasteiger partial charge in [0.05, 0.1) is 53.1 Å². The van der Waals surface area contributed by atoms with Crippen molar-refractivity contribution in [2.75, 3.05) is 26.2 Å². The van der Waals surface area contributed by atoms with Crippen molar-refractivity contribution < 1.29 is 33.8 Å². The highest BCUT2D eigenvalue weighted by Crippen LogP contribution is 2.64. The van der Waals surface area contributed by atoms with E-state index in [2.05, 4.69) is 5.43 Å². The van der Waals surface area contributed by atoms with Crippen LogP contribution in [0.3, 0.4) is 0 Å². The fraction of sp³-hybridized carbons (Fsp3) is 0.333. The second kappa shape index (κ2) is 12.3. The molecule has 0 spiro atoms. The first-order chi connectivity index (χ1) is 23.5. The van der Waals surface area contributed by atoms with Crippen molar-refractivity contribution in [1.82, 2.24) is 9.91 Å². The van der Waals surface area contributed by atoms with E-state index < -0.39 is 46.8 Å². The number of hydrogen-bond acceptors (Lipinski definition) is 8. The van der Waals surface area contributed by atoms with Crippen LogP contribution in [0.25, 0.3) is 0 Å². The third-order valence-electron chi connectivity index (χ3n) is 10.6. The van der Waals surface area contributed by atoms with Crippen LogP contribution < -0.4 is 14.9 Å². The van der Waals surface area contributed by atoms with Crippen LogP contribution in [0.4, 0.5) is 5.69 Å². The maximum absolute atomic E-state index is 15.3. The molecule has 49 heavy (non-hydrogen) atoms. The number of allylic oxidation sites excluding steroid dienone is 2. The zero-order chi connectivity index (χ0) is 34.9. The first kappa shape index (κ1) is 33.3. The summed E-state index contributed by atoms with van der Waals surface area (Å²) in [5.41, 5.74) is 3.43. The smallest absolute Gasteiger partial charge is 0.260 e. The molecular formula is C36H32Cl3N3O7. The lowest BCUT2D eigenvalue weighted by Crippen LogP contribution is -2.53. The Labute approximate surface area is 297 Å². The van der Waals surface area contributed by atoms with Crippen molar-refractivity contribution in [2.45, 2.75) is 31.1 Å². The SMILES string of the molecule is CCN1C(=O)C2CC=C3C(CC4C(=O)N(Nc5ccc(Cl)cc5Cl)C(=O)C4(c4ccc(OC)cc4)C3c3cc(Cl)c(O)c(OC)c3)C2C1=O. The molecule has 0 radical (unpaired) electrons. The molecule has 4 aliphatic rings. The number of nitrogens with one attached hydrogen (secondary N) is 1. The molecule has 2 aliphatic heterocycles. The third kappa shape index (κ3) is 4.82. The fourth-order valence-electron chi connectivity index (χ4n) is 8.51. The standard InChI is InChI=1S/C36H32Cl3N3O7/c1-4-41-32(44)22-11-10-21-23(29(22)34(41)46)16-24-33(45)42(40-27-12-7-19(37)15-25(27)38)35(47)36(24,18-5-8-20(48-2)9-6-18)30(21)17-13-26(39)31(43)28(14-17)49-3/h5-10,12-15,22-24,29-30,40,43H,4,11,16H2,1-3H3. The summed E-state index contributed by atoms with van der Waals surface area (Å²) < 4.78 is 10.9. The predicted molar refractivity (Wildman–Crippen MR) is 183 cm³/mol. The number of hydrogen-bond donors (Lipinski definition) is 2. The van der Waals surface area contributed by atoms with Gasteiger partial charge in [-0.15, -0.1) is 0 Å². The Balaban J connectivity index is 1.50. The number of anilines is 1. The number of methoxy groups -OCH3 is 2. The molecule has 0 bridgehead atoms. The summed E-state index contributed by atoms with van der Waals surface area (Å²) in [6, 6.07) is 14.8. The van der Waals surface area contributed by atoms with E-state index in [1.165, 1.54) is 25.2 Å². The van der Waals surface area contributed by atoms with Crippen LogP contribution in [-0.2, 0) is 24.6 Å². The summed E-state index contributed by atoms with van der Waals surface area (Å²) in [6.07, 6.45) is 2.34. The van der Waals surface area contributed by atoms with Gasteiger partial charge in [0, 0.05) is 17.5 Å². The lowest BCUT2D eigenvalue weighted by atomic mass is 9.49. The number of imide groups is 2. The number of halogens is 3. The van der Waals surface area contributed by atoms with Gasteiger partial charge in [-0.1, -0.05) is 58.6 Å². The number of hydrazine groups is 1. The van der Waals surface area contributed by atoms with Crippen LogP contribution >= 0.6 is 34.8 Å². The van der Waals surface area contributed by atoms with Crippen LogP contribution in [0.1, 0.15) is 36.8 Å². The Hall–Kier alpha value is -4.25. The summed E-state index contributed by atoms with van der Waals surface area (Å²) in [6.45, 7) is 1.99. The molecule has 254 valence electrons. The molecule has 10 nitrogen and oxygen atoms in total. The Kier molecular flexibility index (Phi) is 8.32. The fourth-order valence-corrected chi connectivity index (χ4v) is 9.18. The van der Waals surface area contributed by atoms with Crippen LogP contribution in [0.5, 0.6) is 17.2 Å². The summed E-state index contributed by atoms with van der Waals surface area (Å²) in [7, 11) is 2.92. The van der Waals surface area contributed by atoms with Crippen molar-refractivity contribution in [3.05, 3.63) is 92.4 Å². The number of nitrogens with zero attached hydrogens (tertiary/aromatic N) is 2. The van der Waals surface area contributed by atoms with Crippen LogP contribution in [-0.4, -0.2) is 59.4 Å². The number of fused-ring (bicyclic) bond motifs is 4. The van der Waals surface area contributed by atoms with E-state index in [4.69, 9.17) is 44.3 Å². The Morgan fingerprint density at radius 1 is 0.898 bits per heavy atom. The number of carbonyl (C=O) groups excluding carboxylic acids is 4. The monoisotopic (exact) mass is 723 g/mol. The normalized spacial score (nSPS) is 27.5. The lowest BCUT2D eigenvalue weighted by Gasteiger charge is -2.50. The van der Waals surface area contributed by atoms with Gasteiger partial charge in [-0.2, -0.15) is 5.01 Å². The molecule has 13 heteroatoms. The van der Waals surface area contributed by atoms with Gasteiger partial charge in [0.25, 0.3) is 11.8 Å². The molecule has 7 rings (SSSR count). The Morgan fingerprint density at radius 2 is 1.63 bits per heavy atom. The highest BCUT2D eigenvalue weighted by Gasteiger charge is 2.70. The third-order valence-corrected chi connectivity index (χ3v) is 11.4. The largest absolute Gasteiger partial charge is 0.503 e. The van der Waals surface area contributed by atoms with E-state index in [0.29, 0.717) is 21.9 Å². The van der Waals surface area contributed by atoms with Gasteiger partial charge in [-0.3, -0.25) is 29.5 Å². The summed E-state index contributed by atoms with van der Waals surface area (Å²) in [5, 5.41) is 12.3. The summed E-state index contributed by atoms with van der Waals surface area (Å²) in [5.74, 6) is -5.00. The van der Waals surface area contributed by atoms with Gasteiger partial charge in [0.15, 0.2) is 11.5 Å². The van der Waals surface area contributed by atoms with E-state index in [1.54, 1.807) is 55.5 Å². The van der Waals surface area contributed by atoms with Crippen LogP contribution in [0, 0.1) is 23.7 Å². The van der Waals surface area contributed by atoms with Crippen LogP contribution in [0.2, 0.25) is 15.1 Å². The van der Waals surface area contributed by atoms with Gasteiger partial charge in [-0.25, -0.2) is 0 Å². The molecule has 3 fully saturated rings. The molecule has 2 heterocycles. The van der Waals surface area contributed by atoms with E-state index >= 15 is 4.79 Å². The molecule has 6 unspecified atom stereocenters. The summed E-state index contributed by atoms with van der Waals surface area (Å²) >= 11 is 19.2. The van der Waals surface area contributed by atoms with E-state index in [-0.39, 0.29) is 58.4 Å². The number of phenols is 1. The number of ether oxygens (including phenoxy) is 2. The molecule has 2 aliphatic carbocycles. The molecule has 2 saturated heterocycles. The van der Waals surface area contributed by atoms with Gasteiger partial charge in [-0.05, 0) is 79.3 Å². The Bertz CT molecular complexity index is 1950. The van der Waals surface area contributed by atoms with E-state index in [9.17, 15) is 19.5 Å². The minimum Gasteiger partial charge on any atom is -0.503 e. The zero-order valence-electron chi connectivity index (χ0n) is 26.7. The van der Waals surface area contributed by atoms with E-state index in [1.807, 2.05) is 6.08 Å². The number of benzene rings is 3. The number of aromatic hydroxyl groups is 1. The average Bonchev–Trinajstić information content (AvgIpc) is 3.47. The van der Waals surface area contributed by atoms with Gasteiger partial charge >= 0.3 is 0 Å². The first-order valence-electron chi connectivity index (χ1n) is 15.8. The summed E-state index contributed by atoms with van der Waals surface area (Å²) in [4.78, 5) is 58.6. The molecule has 3 aromatic carbocycles. The number of phenolic OH excluding ortho intramolecular Hbond substituents is 1. The molecule has 1 saturated carbocycles. The van der Waals surface area contributed by atoms with Gasteiger partial charge in [0.2, 0.25) is 11.8 Å². The van der Waals surface area contributed by atoms with Crippen molar-refractivity contribution in [2.24, 2.45) is 23.7 Å². The first-order valence-corrected chi connectivity index (χ1v) is 17.0. The highest BCUT2D eigenvalue weighted by molar-refractivity contribution is 6.36. The van der Waals surface area contributed by atoms with E-state index in [0.717, 1.165) is 10.6 Å². The minimum absolute atomic E-state index is 0.0174. The molecule has 3 aromatic rings. The number of carbonyl (C=O) groups is 4. The lowest BCUT2D eigenvalue weighted by molar-refractivity contribution is -0.141. The second-order valence-corrected chi connectivity index (χ2v) is 13.9. The maximum Gasteiger partial charge on any atom is 0.260 e. The predicted octanol–water partition coefficient (Wildman–Crippen LogP) is 6.37. The van der Waals surface area contributed by atoms with Crippen molar-refractivity contribution in [3.8, 4) is 17.2 Å². The Morgan fingerprint density at radius 3 is 2.29 bits per heavy atom. The molecule has 6 atom stereocenters. The zero-order valence-corrected chi connectivity index (χ0v) is 29.0. The average molecular weight is 725 g/mol. The number of rotatable bonds is 7. The number of likely N-dealkylation sites (tertiary alicyclic amines) is 1. The molecule has 2 N–H and O–H groups in total. The molecule has 4 amide bonds. The van der Waals surface area contributed by atoms with Crippen LogP contribution in [0.15, 0.2) is 66.2 Å². The van der Waals surface area contributed by atoms with Gasteiger partial charge in [0.1, 0.15) is 5.75 Å². The second-order valence-electron chi connectivity index (χ2n) is 12.7. The van der Waals surface area contributed by atoms with Crippen molar-refractivity contribution >= 4 is 64.1 Å². The van der Waals surface area contributed by atoms with Crippen molar-refractivity contribution in [3.63, 3.8) is 0 Å². The van der Waals surface area contributed by atoms with Gasteiger partial charge < -0.3 is 14.6 Å². The number of amides is 4. The molecule has 0 aromatic heterocycles.